The van der Waals surface area contributed by atoms with E-state index < -0.39 is 0 Å². The van der Waals surface area contributed by atoms with Crippen molar-refractivity contribution in [3.63, 3.8) is 0 Å². The number of thiazole rings is 1. The number of ether oxygens (including phenoxy) is 1. The standard InChI is InChI=1S/C15H16N4OS/c1-4-20-11-5-6-12-13(8-11)21-15(18-12)19-14-16-9(2)7-10(3)17-14/h5-8H,4H2,1-3H3,(H,16,17,18,19). The van der Waals surface area contributed by atoms with E-state index in [0.29, 0.717) is 12.6 Å². The van der Waals surface area contributed by atoms with Gasteiger partial charge in [0.15, 0.2) is 5.13 Å². The molecule has 0 bridgehead atoms. The molecule has 6 heteroatoms. The minimum absolute atomic E-state index is 0.580. The Morgan fingerprint density at radius 3 is 2.57 bits per heavy atom. The molecule has 0 aliphatic carbocycles. The van der Waals surface area contributed by atoms with E-state index in [4.69, 9.17) is 4.74 Å². The van der Waals surface area contributed by atoms with Gasteiger partial charge in [0.25, 0.3) is 0 Å². The fraction of sp³-hybridized carbons (Fsp3) is 0.267. The maximum absolute atomic E-state index is 5.51. The van der Waals surface area contributed by atoms with Gasteiger partial charge in [-0.15, -0.1) is 0 Å². The Balaban J connectivity index is 1.90. The minimum Gasteiger partial charge on any atom is -0.494 e. The molecule has 0 aliphatic heterocycles. The quantitative estimate of drug-likeness (QED) is 0.793. The second kappa shape index (κ2) is 5.65. The van der Waals surface area contributed by atoms with Gasteiger partial charge in [0, 0.05) is 11.4 Å². The van der Waals surface area contributed by atoms with E-state index in [1.807, 2.05) is 45.0 Å². The normalized spacial score (nSPS) is 10.8. The third kappa shape index (κ3) is 3.11. The van der Waals surface area contributed by atoms with Gasteiger partial charge >= 0.3 is 0 Å². The van der Waals surface area contributed by atoms with Gasteiger partial charge < -0.3 is 4.74 Å². The van der Waals surface area contributed by atoms with Crippen LogP contribution in [0.5, 0.6) is 5.75 Å². The summed E-state index contributed by atoms with van der Waals surface area (Å²) in [6.45, 7) is 6.53. The lowest BCUT2D eigenvalue weighted by Gasteiger charge is -2.02. The van der Waals surface area contributed by atoms with E-state index in [0.717, 1.165) is 32.5 Å². The van der Waals surface area contributed by atoms with Crippen LogP contribution in [-0.4, -0.2) is 21.6 Å². The smallest absolute Gasteiger partial charge is 0.229 e. The lowest BCUT2D eigenvalue weighted by molar-refractivity contribution is 0.341. The Hall–Kier alpha value is -2.21. The Kier molecular flexibility index (Phi) is 3.70. The molecule has 108 valence electrons. The van der Waals surface area contributed by atoms with Crippen LogP contribution in [0.3, 0.4) is 0 Å². The first-order valence-corrected chi connectivity index (χ1v) is 7.58. The first-order chi connectivity index (χ1) is 10.1. The molecular formula is C15H16N4OS. The zero-order chi connectivity index (χ0) is 14.8. The number of anilines is 2. The molecule has 0 saturated carbocycles. The molecule has 3 rings (SSSR count). The molecule has 21 heavy (non-hydrogen) atoms. The average Bonchev–Trinajstić information content (AvgIpc) is 2.79. The van der Waals surface area contributed by atoms with Crippen LogP contribution in [0.4, 0.5) is 11.1 Å². The molecular weight excluding hydrogens is 284 g/mol. The van der Waals surface area contributed by atoms with Crippen molar-refractivity contribution in [2.75, 3.05) is 11.9 Å². The molecule has 0 aliphatic rings. The number of aryl methyl sites for hydroxylation is 2. The SMILES string of the molecule is CCOc1ccc2nc(Nc3nc(C)cc(C)n3)sc2c1. The fourth-order valence-corrected chi connectivity index (χ4v) is 2.98. The molecule has 2 heterocycles. The molecule has 0 unspecified atom stereocenters. The van der Waals surface area contributed by atoms with Crippen LogP contribution in [0, 0.1) is 13.8 Å². The molecule has 0 fully saturated rings. The molecule has 0 saturated heterocycles. The number of fused-ring (bicyclic) bond motifs is 1. The molecule has 0 radical (unpaired) electrons. The average molecular weight is 300 g/mol. The fourth-order valence-electron chi connectivity index (χ4n) is 2.09. The number of hydrogen-bond acceptors (Lipinski definition) is 6. The second-order valence-electron chi connectivity index (χ2n) is 4.68. The van der Waals surface area contributed by atoms with Crippen molar-refractivity contribution in [1.29, 1.82) is 0 Å². The summed E-state index contributed by atoms with van der Waals surface area (Å²) >= 11 is 1.56. The van der Waals surface area contributed by atoms with Gasteiger partial charge in [0.05, 0.1) is 16.8 Å². The van der Waals surface area contributed by atoms with Gasteiger partial charge in [0.2, 0.25) is 5.95 Å². The third-order valence-electron chi connectivity index (χ3n) is 2.87. The molecule has 1 N–H and O–H groups in total. The zero-order valence-corrected chi connectivity index (χ0v) is 13.0. The molecule has 0 spiro atoms. The van der Waals surface area contributed by atoms with Crippen molar-refractivity contribution >= 4 is 32.6 Å². The number of rotatable bonds is 4. The maximum atomic E-state index is 5.51. The summed E-state index contributed by atoms with van der Waals surface area (Å²) in [6, 6.07) is 7.84. The molecule has 2 aromatic heterocycles. The zero-order valence-electron chi connectivity index (χ0n) is 12.2. The third-order valence-corrected chi connectivity index (χ3v) is 3.81. The lowest BCUT2D eigenvalue weighted by Crippen LogP contribution is -1.99. The van der Waals surface area contributed by atoms with Gasteiger partial charge in [-0.1, -0.05) is 11.3 Å². The molecule has 0 amide bonds. The highest BCUT2D eigenvalue weighted by Crippen LogP contribution is 2.30. The van der Waals surface area contributed by atoms with Crippen LogP contribution in [-0.2, 0) is 0 Å². The Labute approximate surface area is 127 Å². The van der Waals surface area contributed by atoms with E-state index in [1.165, 1.54) is 0 Å². The highest BCUT2D eigenvalue weighted by Gasteiger charge is 2.07. The predicted octanol–water partition coefficient (Wildman–Crippen LogP) is 3.85. The van der Waals surface area contributed by atoms with Gasteiger partial charge in [-0.3, -0.25) is 5.32 Å². The second-order valence-corrected chi connectivity index (χ2v) is 5.71. The van der Waals surface area contributed by atoms with E-state index in [2.05, 4.69) is 20.3 Å². The van der Waals surface area contributed by atoms with Crippen LogP contribution in [0.15, 0.2) is 24.3 Å². The summed E-state index contributed by atoms with van der Waals surface area (Å²) in [5.74, 6) is 1.44. The van der Waals surface area contributed by atoms with E-state index in [9.17, 15) is 0 Å². The van der Waals surface area contributed by atoms with Crippen molar-refractivity contribution in [2.45, 2.75) is 20.8 Å². The van der Waals surface area contributed by atoms with Crippen LogP contribution >= 0.6 is 11.3 Å². The summed E-state index contributed by atoms with van der Waals surface area (Å²) in [7, 11) is 0. The summed E-state index contributed by atoms with van der Waals surface area (Å²) in [6.07, 6.45) is 0. The van der Waals surface area contributed by atoms with Crippen molar-refractivity contribution < 1.29 is 4.74 Å². The van der Waals surface area contributed by atoms with Crippen LogP contribution in [0.25, 0.3) is 10.2 Å². The number of nitrogens with zero attached hydrogens (tertiary/aromatic N) is 3. The van der Waals surface area contributed by atoms with Gasteiger partial charge in [-0.2, -0.15) is 0 Å². The number of benzene rings is 1. The highest BCUT2D eigenvalue weighted by molar-refractivity contribution is 7.22. The van der Waals surface area contributed by atoms with Crippen molar-refractivity contribution in [2.24, 2.45) is 0 Å². The summed E-state index contributed by atoms with van der Waals surface area (Å²) in [4.78, 5) is 13.3. The van der Waals surface area contributed by atoms with Crippen molar-refractivity contribution in [3.05, 3.63) is 35.7 Å². The topological polar surface area (TPSA) is 59.9 Å². The van der Waals surface area contributed by atoms with Crippen molar-refractivity contribution in [3.8, 4) is 5.75 Å². The monoisotopic (exact) mass is 300 g/mol. The highest BCUT2D eigenvalue weighted by atomic mass is 32.1. The van der Waals surface area contributed by atoms with Crippen molar-refractivity contribution in [1.82, 2.24) is 15.0 Å². The Bertz CT molecular complexity index is 764. The van der Waals surface area contributed by atoms with Crippen LogP contribution in [0.1, 0.15) is 18.3 Å². The van der Waals surface area contributed by atoms with Crippen LogP contribution in [0.2, 0.25) is 0 Å². The van der Waals surface area contributed by atoms with Crippen LogP contribution < -0.4 is 10.1 Å². The largest absolute Gasteiger partial charge is 0.494 e. The number of nitrogens with one attached hydrogen (secondary N) is 1. The lowest BCUT2D eigenvalue weighted by atomic mass is 10.3. The minimum atomic E-state index is 0.580. The van der Waals surface area contributed by atoms with E-state index >= 15 is 0 Å². The first-order valence-electron chi connectivity index (χ1n) is 6.77. The van der Waals surface area contributed by atoms with E-state index in [1.54, 1.807) is 11.3 Å². The number of hydrogen-bond donors (Lipinski definition) is 1. The first kappa shape index (κ1) is 13.8. The predicted molar refractivity (Wildman–Crippen MR) is 85.6 cm³/mol. The Morgan fingerprint density at radius 2 is 1.86 bits per heavy atom. The van der Waals surface area contributed by atoms with Gasteiger partial charge in [0.1, 0.15) is 5.75 Å². The number of aromatic nitrogens is 3. The molecule has 0 atom stereocenters. The Morgan fingerprint density at radius 1 is 1.10 bits per heavy atom. The summed E-state index contributed by atoms with van der Waals surface area (Å²) < 4.78 is 6.58. The summed E-state index contributed by atoms with van der Waals surface area (Å²) in [5.41, 5.74) is 2.81. The molecule has 3 aromatic rings. The van der Waals surface area contributed by atoms with Gasteiger partial charge in [-0.05, 0) is 45.0 Å². The molecule has 1 aromatic carbocycles. The maximum Gasteiger partial charge on any atom is 0.229 e. The van der Waals surface area contributed by atoms with Gasteiger partial charge in [-0.25, -0.2) is 15.0 Å². The van der Waals surface area contributed by atoms with E-state index in [-0.39, 0.29) is 0 Å². The summed E-state index contributed by atoms with van der Waals surface area (Å²) in [5, 5.41) is 3.95. The molecule has 5 nitrogen and oxygen atoms in total.